The average Bonchev–Trinajstić information content (AvgIpc) is 2.40. The molecule has 6 heteroatoms. The van der Waals surface area contributed by atoms with Crippen LogP contribution in [0, 0.1) is 10.5 Å². The molecule has 112 valence electrons. The van der Waals surface area contributed by atoms with Crippen molar-refractivity contribution in [3.05, 3.63) is 56.1 Å². The maximum absolute atomic E-state index is 11.8. The van der Waals surface area contributed by atoms with Crippen LogP contribution in [0.3, 0.4) is 0 Å². The van der Waals surface area contributed by atoms with Crippen molar-refractivity contribution in [3.63, 3.8) is 0 Å². The van der Waals surface area contributed by atoms with Crippen LogP contribution in [0.15, 0.2) is 41.3 Å². The van der Waals surface area contributed by atoms with Gasteiger partial charge >= 0.3 is 0 Å². The molecule has 21 heavy (non-hydrogen) atoms. The lowest BCUT2D eigenvalue weighted by molar-refractivity contribution is 0.601. The highest BCUT2D eigenvalue weighted by atomic mass is 127. The van der Waals surface area contributed by atoms with E-state index in [9.17, 15) is 8.42 Å². The first kappa shape index (κ1) is 16.6. The Morgan fingerprint density at radius 2 is 1.95 bits per heavy atom. The molecule has 2 aromatic rings. The van der Waals surface area contributed by atoms with Gasteiger partial charge in [0.05, 0.1) is 4.90 Å². The molecular formula is C15H15ClINO2S. The Balaban J connectivity index is 2.30. The highest BCUT2D eigenvalue weighted by molar-refractivity contribution is 14.1. The number of halogens is 2. The lowest BCUT2D eigenvalue weighted by Crippen LogP contribution is -2.08. The van der Waals surface area contributed by atoms with Gasteiger partial charge in [0.2, 0.25) is 0 Å². The summed E-state index contributed by atoms with van der Waals surface area (Å²) < 4.78 is 24.8. The van der Waals surface area contributed by atoms with Gasteiger partial charge in [0.15, 0.2) is 9.84 Å². The lowest BCUT2D eigenvalue weighted by Gasteiger charge is -2.13. The molecule has 0 saturated carbocycles. The van der Waals surface area contributed by atoms with E-state index in [0.717, 1.165) is 9.26 Å². The molecule has 0 aromatic heterocycles. The molecule has 3 nitrogen and oxygen atoms in total. The van der Waals surface area contributed by atoms with Gasteiger partial charge in [-0.3, -0.25) is 0 Å². The van der Waals surface area contributed by atoms with Crippen molar-refractivity contribution in [3.8, 4) is 0 Å². The van der Waals surface area contributed by atoms with E-state index in [-0.39, 0.29) is 4.90 Å². The van der Waals surface area contributed by atoms with Gasteiger partial charge < -0.3 is 5.32 Å². The van der Waals surface area contributed by atoms with E-state index in [1.165, 1.54) is 11.8 Å². The molecule has 0 saturated heterocycles. The zero-order chi connectivity index (χ0) is 15.6. The Labute approximate surface area is 143 Å². The van der Waals surface area contributed by atoms with Crippen LogP contribution < -0.4 is 5.32 Å². The fraction of sp³-hybridized carbons (Fsp3) is 0.200. The van der Waals surface area contributed by atoms with Gasteiger partial charge in [0.25, 0.3) is 0 Å². The van der Waals surface area contributed by atoms with Crippen molar-refractivity contribution in [2.75, 3.05) is 11.6 Å². The number of rotatable bonds is 4. The van der Waals surface area contributed by atoms with Crippen molar-refractivity contribution in [2.24, 2.45) is 0 Å². The van der Waals surface area contributed by atoms with Crippen molar-refractivity contribution in [2.45, 2.75) is 18.4 Å². The summed E-state index contributed by atoms with van der Waals surface area (Å²) in [4.78, 5) is 0.268. The molecule has 0 atom stereocenters. The Hall–Kier alpha value is -0.790. The predicted octanol–water partition coefficient (Wildman–Crippen LogP) is 4.27. The number of nitrogens with one attached hydrogen (secondary N) is 1. The molecule has 0 bridgehead atoms. The van der Waals surface area contributed by atoms with Gasteiger partial charge in [0.1, 0.15) is 0 Å². The monoisotopic (exact) mass is 435 g/mol. The molecule has 0 unspecified atom stereocenters. The topological polar surface area (TPSA) is 46.2 Å². The van der Waals surface area contributed by atoms with Gasteiger partial charge in [-0.1, -0.05) is 23.7 Å². The second kappa shape index (κ2) is 6.54. The summed E-state index contributed by atoms with van der Waals surface area (Å²) in [7, 11) is -3.30. The van der Waals surface area contributed by atoms with E-state index in [0.29, 0.717) is 17.1 Å². The second-order valence-corrected chi connectivity index (χ2v) is 8.36. The predicted molar refractivity (Wildman–Crippen MR) is 95.8 cm³/mol. The largest absolute Gasteiger partial charge is 0.381 e. The lowest BCUT2D eigenvalue weighted by atomic mass is 10.2. The van der Waals surface area contributed by atoms with Crippen molar-refractivity contribution in [1.29, 1.82) is 0 Å². The van der Waals surface area contributed by atoms with E-state index in [1.54, 1.807) is 18.2 Å². The Morgan fingerprint density at radius 1 is 1.24 bits per heavy atom. The third-order valence-electron chi connectivity index (χ3n) is 3.12. The van der Waals surface area contributed by atoms with Gasteiger partial charge in [-0.2, -0.15) is 0 Å². The third kappa shape index (κ3) is 4.11. The molecule has 1 N–H and O–H groups in total. The van der Waals surface area contributed by atoms with Crippen LogP contribution in [-0.4, -0.2) is 14.7 Å². The smallest absolute Gasteiger partial charge is 0.175 e. The SMILES string of the molecule is Cc1ccc(NCc2c(Cl)cccc2S(C)(=O)=O)cc1I. The number of hydrogen-bond donors (Lipinski definition) is 1. The standard InChI is InChI=1S/C15H15ClINO2S/c1-10-6-7-11(8-14(10)17)18-9-12-13(16)4-3-5-15(12)21(2,19)20/h3-8,18H,9H2,1-2H3. The second-order valence-electron chi connectivity index (χ2n) is 4.81. The summed E-state index contributed by atoms with van der Waals surface area (Å²) in [5.41, 5.74) is 2.73. The van der Waals surface area contributed by atoms with Crippen LogP contribution in [0.1, 0.15) is 11.1 Å². The summed E-state index contributed by atoms with van der Waals surface area (Å²) in [5.74, 6) is 0. The fourth-order valence-electron chi connectivity index (χ4n) is 1.95. The minimum Gasteiger partial charge on any atom is -0.381 e. The maximum atomic E-state index is 11.8. The normalized spacial score (nSPS) is 11.4. The summed E-state index contributed by atoms with van der Waals surface area (Å²) in [6.45, 7) is 2.41. The van der Waals surface area contributed by atoms with E-state index in [2.05, 4.69) is 27.9 Å². The van der Waals surface area contributed by atoms with Crippen LogP contribution in [0.25, 0.3) is 0 Å². The highest BCUT2D eigenvalue weighted by Gasteiger charge is 2.15. The summed E-state index contributed by atoms with van der Waals surface area (Å²) >= 11 is 8.42. The number of anilines is 1. The number of hydrogen-bond acceptors (Lipinski definition) is 3. The first-order valence-electron chi connectivity index (χ1n) is 6.26. The summed E-state index contributed by atoms with van der Waals surface area (Å²) in [6.07, 6.45) is 1.19. The molecule has 2 aromatic carbocycles. The van der Waals surface area contributed by atoms with E-state index in [4.69, 9.17) is 11.6 Å². The van der Waals surface area contributed by atoms with Crippen LogP contribution in [-0.2, 0) is 16.4 Å². The number of aryl methyl sites for hydroxylation is 1. The summed E-state index contributed by atoms with van der Waals surface area (Å²) in [6, 6.07) is 10.9. The van der Waals surface area contributed by atoms with Gasteiger partial charge in [-0.15, -0.1) is 0 Å². The minimum atomic E-state index is -3.30. The molecular weight excluding hydrogens is 421 g/mol. The Bertz CT molecular complexity index is 775. The van der Waals surface area contributed by atoms with Crippen molar-refractivity contribution < 1.29 is 8.42 Å². The van der Waals surface area contributed by atoms with E-state index in [1.807, 2.05) is 25.1 Å². The van der Waals surface area contributed by atoms with Gasteiger partial charge in [-0.05, 0) is 59.3 Å². The zero-order valence-electron chi connectivity index (χ0n) is 11.7. The maximum Gasteiger partial charge on any atom is 0.175 e. The van der Waals surface area contributed by atoms with E-state index >= 15 is 0 Å². The van der Waals surface area contributed by atoms with Crippen LogP contribution in [0.4, 0.5) is 5.69 Å². The molecule has 0 aliphatic carbocycles. The van der Waals surface area contributed by atoms with Crippen molar-refractivity contribution in [1.82, 2.24) is 0 Å². The quantitative estimate of drug-likeness (QED) is 0.730. The highest BCUT2D eigenvalue weighted by Crippen LogP contribution is 2.25. The molecule has 0 amide bonds. The Morgan fingerprint density at radius 3 is 2.57 bits per heavy atom. The fourth-order valence-corrected chi connectivity index (χ4v) is 3.72. The molecule has 0 fully saturated rings. The van der Waals surface area contributed by atoms with Gasteiger partial charge in [0, 0.05) is 32.6 Å². The zero-order valence-corrected chi connectivity index (χ0v) is 15.4. The third-order valence-corrected chi connectivity index (χ3v) is 5.81. The molecule has 0 spiro atoms. The van der Waals surface area contributed by atoms with E-state index < -0.39 is 9.84 Å². The molecule has 0 aliphatic rings. The molecule has 0 heterocycles. The minimum absolute atomic E-state index is 0.268. The molecule has 0 aliphatic heterocycles. The first-order valence-corrected chi connectivity index (χ1v) is 9.61. The number of sulfone groups is 1. The molecule has 2 rings (SSSR count). The average molecular weight is 436 g/mol. The first-order chi connectivity index (χ1) is 9.79. The summed E-state index contributed by atoms with van der Waals surface area (Å²) in [5, 5.41) is 3.68. The Kier molecular flexibility index (Phi) is 5.16. The number of benzene rings is 2. The van der Waals surface area contributed by atoms with Crippen LogP contribution >= 0.6 is 34.2 Å². The van der Waals surface area contributed by atoms with Crippen molar-refractivity contribution >= 4 is 49.7 Å². The van der Waals surface area contributed by atoms with Crippen LogP contribution in [0.5, 0.6) is 0 Å². The van der Waals surface area contributed by atoms with Gasteiger partial charge in [-0.25, -0.2) is 8.42 Å². The molecule has 0 radical (unpaired) electrons. The van der Waals surface area contributed by atoms with Crippen LogP contribution in [0.2, 0.25) is 5.02 Å².